The molecule has 0 unspecified atom stereocenters. The van der Waals surface area contributed by atoms with E-state index in [1.165, 1.54) is 16.9 Å². The fraction of sp³-hybridized carbons (Fsp3) is 0.154. The fourth-order valence-corrected chi connectivity index (χ4v) is 2.14. The number of aromatic nitrogens is 4. The average Bonchev–Trinajstić information content (AvgIpc) is 3.03. The van der Waals surface area contributed by atoms with Crippen LogP contribution < -0.4 is 5.73 Å². The Kier molecular flexibility index (Phi) is 3.34. The zero-order valence-electron chi connectivity index (χ0n) is 11.0. The van der Waals surface area contributed by atoms with Gasteiger partial charge in [-0.25, -0.2) is 4.39 Å². The highest BCUT2D eigenvalue weighted by Crippen LogP contribution is 2.25. The van der Waals surface area contributed by atoms with Crippen molar-refractivity contribution in [3.8, 4) is 11.5 Å². The number of benzene rings is 1. The maximum atomic E-state index is 13.7. The average molecular weight is 308 g/mol. The molecule has 2 N–H and O–H groups in total. The maximum absolute atomic E-state index is 13.7. The lowest BCUT2D eigenvalue weighted by Crippen LogP contribution is -1.98. The third kappa shape index (κ3) is 2.47. The number of halogens is 2. The van der Waals surface area contributed by atoms with Crippen LogP contribution in [-0.4, -0.2) is 19.9 Å². The van der Waals surface area contributed by atoms with Gasteiger partial charge in [-0.2, -0.15) is 10.1 Å². The molecule has 0 saturated heterocycles. The molecule has 3 rings (SSSR count). The Morgan fingerprint density at radius 2 is 2.24 bits per heavy atom. The van der Waals surface area contributed by atoms with E-state index in [2.05, 4.69) is 15.2 Å². The number of anilines is 1. The first-order valence-corrected chi connectivity index (χ1v) is 6.47. The molecule has 0 aliphatic heterocycles. The lowest BCUT2D eigenvalue weighted by atomic mass is 10.1. The van der Waals surface area contributed by atoms with Crippen molar-refractivity contribution in [3.05, 3.63) is 46.6 Å². The molecule has 0 aliphatic carbocycles. The zero-order valence-corrected chi connectivity index (χ0v) is 11.8. The van der Waals surface area contributed by atoms with Crippen LogP contribution in [0.1, 0.15) is 11.4 Å². The third-order valence-corrected chi connectivity index (χ3v) is 3.43. The molecule has 0 atom stereocenters. The van der Waals surface area contributed by atoms with Crippen LogP contribution >= 0.6 is 11.6 Å². The number of hydrogen-bond donors (Lipinski definition) is 1. The molecule has 0 fully saturated rings. The molecule has 2 aromatic heterocycles. The minimum atomic E-state index is -0.408. The monoisotopic (exact) mass is 307 g/mol. The van der Waals surface area contributed by atoms with E-state index >= 15 is 0 Å². The molecule has 3 aromatic rings. The molecular weight excluding hydrogens is 297 g/mol. The summed E-state index contributed by atoms with van der Waals surface area (Å²) in [5.41, 5.74) is 6.70. The van der Waals surface area contributed by atoms with Crippen LogP contribution in [0.25, 0.3) is 11.5 Å². The predicted molar refractivity (Wildman–Crippen MR) is 75.1 cm³/mol. The topological polar surface area (TPSA) is 82.8 Å². The molecule has 0 aliphatic rings. The van der Waals surface area contributed by atoms with Crippen LogP contribution in [0, 0.1) is 5.82 Å². The highest BCUT2D eigenvalue weighted by atomic mass is 35.5. The maximum Gasteiger partial charge on any atom is 0.263 e. The van der Waals surface area contributed by atoms with E-state index in [4.69, 9.17) is 21.9 Å². The minimum absolute atomic E-state index is 0.134. The molecule has 108 valence electrons. The Hall–Kier alpha value is -2.41. The summed E-state index contributed by atoms with van der Waals surface area (Å²) >= 11 is 5.97. The van der Waals surface area contributed by atoms with E-state index in [1.54, 1.807) is 19.2 Å². The number of nitrogens with two attached hydrogens (primary N) is 1. The second-order valence-corrected chi connectivity index (χ2v) is 4.87. The van der Waals surface area contributed by atoms with E-state index in [9.17, 15) is 4.39 Å². The smallest absolute Gasteiger partial charge is 0.263 e. The molecule has 8 heteroatoms. The lowest BCUT2D eigenvalue weighted by Gasteiger charge is -2.01. The van der Waals surface area contributed by atoms with Gasteiger partial charge in [-0.3, -0.25) is 4.68 Å². The van der Waals surface area contributed by atoms with Crippen molar-refractivity contribution in [1.82, 2.24) is 19.9 Å². The van der Waals surface area contributed by atoms with Crippen molar-refractivity contribution in [3.63, 3.8) is 0 Å². The second-order valence-electron chi connectivity index (χ2n) is 4.46. The predicted octanol–water partition coefficient (Wildman–Crippen LogP) is 2.44. The number of aryl methyl sites for hydroxylation is 1. The Bertz CT molecular complexity index is 777. The molecule has 21 heavy (non-hydrogen) atoms. The summed E-state index contributed by atoms with van der Waals surface area (Å²) in [6.07, 6.45) is 1.66. The molecule has 2 heterocycles. The van der Waals surface area contributed by atoms with E-state index in [1.807, 2.05) is 0 Å². The van der Waals surface area contributed by atoms with Gasteiger partial charge < -0.3 is 10.3 Å². The van der Waals surface area contributed by atoms with Crippen LogP contribution in [0.3, 0.4) is 0 Å². The van der Waals surface area contributed by atoms with Crippen molar-refractivity contribution in [1.29, 1.82) is 0 Å². The van der Waals surface area contributed by atoms with Gasteiger partial charge in [0.25, 0.3) is 5.89 Å². The largest absolute Gasteiger partial charge is 0.383 e. The molecule has 1 aromatic carbocycles. The van der Waals surface area contributed by atoms with Crippen molar-refractivity contribution < 1.29 is 8.91 Å². The zero-order chi connectivity index (χ0) is 15.0. The quantitative estimate of drug-likeness (QED) is 0.803. The first-order chi connectivity index (χ1) is 10.1. The van der Waals surface area contributed by atoms with Gasteiger partial charge in [-0.1, -0.05) is 22.8 Å². The van der Waals surface area contributed by atoms with Gasteiger partial charge in [0.1, 0.15) is 17.2 Å². The van der Waals surface area contributed by atoms with Gasteiger partial charge in [-0.15, -0.1) is 0 Å². The summed E-state index contributed by atoms with van der Waals surface area (Å²) in [5.74, 6) is 0.562. The summed E-state index contributed by atoms with van der Waals surface area (Å²) in [7, 11) is 1.70. The summed E-state index contributed by atoms with van der Waals surface area (Å²) in [5, 5.41) is 8.13. The summed E-state index contributed by atoms with van der Waals surface area (Å²) < 4.78 is 20.4. The van der Waals surface area contributed by atoms with Crippen molar-refractivity contribution in [2.45, 2.75) is 6.42 Å². The summed E-state index contributed by atoms with van der Waals surface area (Å²) in [4.78, 5) is 4.20. The number of rotatable bonds is 3. The van der Waals surface area contributed by atoms with Gasteiger partial charge in [0.15, 0.2) is 5.82 Å². The molecule has 6 nitrogen and oxygen atoms in total. The van der Waals surface area contributed by atoms with E-state index < -0.39 is 5.82 Å². The summed E-state index contributed by atoms with van der Waals surface area (Å²) in [6.45, 7) is 0. The van der Waals surface area contributed by atoms with Crippen molar-refractivity contribution in [2.24, 2.45) is 7.05 Å². The number of hydrogen-bond acceptors (Lipinski definition) is 5. The van der Waals surface area contributed by atoms with E-state index in [0.29, 0.717) is 27.8 Å². The van der Waals surface area contributed by atoms with Crippen LogP contribution in [-0.2, 0) is 13.5 Å². The second kappa shape index (κ2) is 5.17. The molecule has 0 amide bonds. The minimum Gasteiger partial charge on any atom is -0.383 e. The molecule has 0 radical (unpaired) electrons. The van der Waals surface area contributed by atoms with Crippen LogP contribution in [0.15, 0.2) is 28.9 Å². The highest BCUT2D eigenvalue weighted by molar-refractivity contribution is 6.31. The number of nitrogen functional groups attached to an aromatic ring is 1. The van der Waals surface area contributed by atoms with Gasteiger partial charge in [0, 0.05) is 24.1 Å². The Balaban J connectivity index is 1.91. The van der Waals surface area contributed by atoms with Crippen molar-refractivity contribution >= 4 is 17.4 Å². The normalized spacial score (nSPS) is 11.0. The standard InChI is InChI=1S/C13H11ClFN5O/c1-20-12(16)8(6-17-20)13-18-11(19-21-13)5-7-9(14)3-2-4-10(7)15/h2-4,6H,5,16H2,1H3. The lowest BCUT2D eigenvalue weighted by molar-refractivity contribution is 0.423. The molecule has 0 bridgehead atoms. The van der Waals surface area contributed by atoms with Gasteiger partial charge in [-0.05, 0) is 12.1 Å². The molecule has 0 spiro atoms. The Labute approximate surface area is 124 Å². The number of nitrogens with zero attached hydrogens (tertiary/aromatic N) is 4. The first-order valence-electron chi connectivity index (χ1n) is 6.09. The highest BCUT2D eigenvalue weighted by Gasteiger charge is 2.17. The van der Waals surface area contributed by atoms with Crippen LogP contribution in [0.5, 0.6) is 0 Å². The van der Waals surface area contributed by atoms with E-state index in [0.717, 1.165) is 0 Å². The SMILES string of the molecule is Cn1ncc(-c2nc(Cc3c(F)cccc3Cl)no2)c1N. The first kappa shape index (κ1) is 13.6. The molecule has 0 saturated carbocycles. The van der Waals surface area contributed by atoms with E-state index in [-0.39, 0.29) is 12.3 Å². The van der Waals surface area contributed by atoms with Crippen LogP contribution in [0.2, 0.25) is 5.02 Å². The Morgan fingerprint density at radius 3 is 2.90 bits per heavy atom. The fourth-order valence-electron chi connectivity index (χ4n) is 1.91. The Morgan fingerprint density at radius 1 is 1.43 bits per heavy atom. The van der Waals surface area contributed by atoms with Gasteiger partial charge >= 0.3 is 0 Å². The van der Waals surface area contributed by atoms with Gasteiger partial charge in [0.05, 0.1) is 6.20 Å². The van der Waals surface area contributed by atoms with Gasteiger partial charge in [0.2, 0.25) is 0 Å². The molecular formula is C13H11ClFN5O. The van der Waals surface area contributed by atoms with Crippen molar-refractivity contribution in [2.75, 3.05) is 5.73 Å². The third-order valence-electron chi connectivity index (χ3n) is 3.08. The summed E-state index contributed by atoms with van der Waals surface area (Å²) in [6, 6.07) is 4.49. The van der Waals surface area contributed by atoms with Crippen LogP contribution in [0.4, 0.5) is 10.2 Å².